The maximum Gasteiger partial charge on any atom is 0.165 e. The van der Waals surface area contributed by atoms with Gasteiger partial charge in [0.25, 0.3) is 0 Å². The van der Waals surface area contributed by atoms with Crippen LogP contribution in [0.15, 0.2) is 180 Å². The lowest BCUT2D eigenvalue weighted by Gasteiger charge is -2.10. The predicted molar refractivity (Wildman–Crippen MR) is 225 cm³/mol. The Kier molecular flexibility index (Phi) is 7.00. The molecule has 0 atom stereocenters. The predicted octanol–water partition coefficient (Wildman–Crippen LogP) is 13.6. The van der Waals surface area contributed by atoms with Crippen molar-refractivity contribution >= 4 is 64.2 Å². The Labute approximate surface area is 314 Å². The number of nitrogens with zero attached hydrogens (tertiary/aromatic N) is 3. The lowest BCUT2D eigenvalue weighted by molar-refractivity contribution is 0.669. The Bertz CT molecular complexity index is 3210. The number of fused-ring (bicyclic) bond motifs is 7. The molecule has 0 saturated carbocycles. The SMILES string of the molecule is c1ccc(-c2nc(-c3ccc(-c4ccc5c(c4)oc4ccccc45)cc3)nc(-c3cccc4c3sc3cccc(-c5cccc6ccccc56)c34)n2)cc1. The Balaban J connectivity index is 1.05. The molecule has 0 bridgehead atoms. The van der Waals surface area contributed by atoms with Gasteiger partial charge < -0.3 is 4.42 Å². The molecule has 0 unspecified atom stereocenters. The summed E-state index contributed by atoms with van der Waals surface area (Å²) in [5.41, 5.74) is 9.29. The summed E-state index contributed by atoms with van der Waals surface area (Å²) in [6.45, 7) is 0. The number of aromatic nitrogens is 3. The van der Waals surface area contributed by atoms with Crippen LogP contribution in [0.2, 0.25) is 0 Å². The first kappa shape index (κ1) is 30.7. The minimum Gasteiger partial charge on any atom is -0.456 e. The Morgan fingerprint density at radius 2 is 0.963 bits per heavy atom. The Morgan fingerprint density at radius 1 is 0.370 bits per heavy atom. The number of hydrogen-bond donors (Lipinski definition) is 0. The maximum absolute atomic E-state index is 6.19. The van der Waals surface area contributed by atoms with Crippen molar-refractivity contribution in [1.29, 1.82) is 0 Å². The number of furan rings is 1. The van der Waals surface area contributed by atoms with Crippen LogP contribution in [0.5, 0.6) is 0 Å². The molecule has 0 radical (unpaired) electrons. The van der Waals surface area contributed by atoms with Crippen LogP contribution in [-0.4, -0.2) is 15.0 Å². The Morgan fingerprint density at radius 3 is 1.83 bits per heavy atom. The first-order valence-corrected chi connectivity index (χ1v) is 18.8. The second-order valence-electron chi connectivity index (χ2n) is 13.5. The van der Waals surface area contributed by atoms with Crippen molar-refractivity contribution in [2.45, 2.75) is 0 Å². The van der Waals surface area contributed by atoms with Crippen molar-refractivity contribution in [2.24, 2.45) is 0 Å². The number of para-hydroxylation sites is 1. The van der Waals surface area contributed by atoms with Gasteiger partial charge in [-0.15, -0.1) is 11.3 Å². The molecule has 0 spiro atoms. The zero-order valence-corrected chi connectivity index (χ0v) is 29.7. The van der Waals surface area contributed by atoms with Gasteiger partial charge in [-0.3, -0.25) is 0 Å². The molecule has 0 amide bonds. The normalized spacial score (nSPS) is 11.7. The van der Waals surface area contributed by atoms with E-state index in [0.717, 1.165) is 54.5 Å². The molecular formula is C49H29N3OS. The van der Waals surface area contributed by atoms with E-state index in [-0.39, 0.29) is 0 Å². The van der Waals surface area contributed by atoms with Crippen LogP contribution in [0.1, 0.15) is 0 Å². The van der Waals surface area contributed by atoms with Gasteiger partial charge in [0.1, 0.15) is 11.2 Å². The highest BCUT2D eigenvalue weighted by Gasteiger charge is 2.19. The van der Waals surface area contributed by atoms with Gasteiger partial charge in [-0.1, -0.05) is 146 Å². The highest BCUT2D eigenvalue weighted by Crippen LogP contribution is 2.45. The molecule has 3 heterocycles. The van der Waals surface area contributed by atoms with E-state index < -0.39 is 0 Å². The molecule has 4 nitrogen and oxygen atoms in total. The van der Waals surface area contributed by atoms with Gasteiger partial charge in [-0.05, 0) is 63.4 Å². The van der Waals surface area contributed by atoms with Crippen molar-refractivity contribution in [2.75, 3.05) is 0 Å². The minimum absolute atomic E-state index is 0.632. The first-order valence-electron chi connectivity index (χ1n) is 18.0. The van der Waals surface area contributed by atoms with Gasteiger partial charge in [-0.2, -0.15) is 0 Å². The molecule has 11 aromatic rings. The number of rotatable bonds is 5. The van der Waals surface area contributed by atoms with Crippen LogP contribution in [-0.2, 0) is 0 Å². The maximum atomic E-state index is 6.19. The summed E-state index contributed by atoms with van der Waals surface area (Å²) in [6, 6.07) is 61.5. The fourth-order valence-corrected chi connectivity index (χ4v) is 9.01. The van der Waals surface area contributed by atoms with Crippen molar-refractivity contribution in [3.05, 3.63) is 176 Å². The van der Waals surface area contributed by atoms with Gasteiger partial charge in [0.05, 0.1) is 0 Å². The van der Waals surface area contributed by atoms with Crippen LogP contribution < -0.4 is 0 Å². The summed E-state index contributed by atoms with van der Waals surface area (Å²) in [7, 11) is 0. The third-order valence-corrected chi connectivity index (χ3v) is 11.6. The third-order valence-electron chi connectivity index (χ3n) is 10.4. The summed E-state index contributed by atoms with van der Waals surface area (Å²) < 4.78 is 8.58. The topological polar surface area (TPSA) is 51.8 Å². The molecule has 0 aliphatic heterocycles. The Hall–Kier alpha value is -6.95. The summed E-state index contributed by atoms with van der Waals surface area (Å²) in [4.78, 5) is 15.3. The quantitative estimate of drug-likeness (QED) is 0.179. The number of benzene rings is 8. The lowest BCUT2D eigenvalue weighted by atomic mass is 9.94. The van der Waals surface area contributed by atoms with E-state index >= 15 is 0 Å². The largest absolute Gasteiger partial charge is 0.456 e. The van der Waals surface area contributed by atoms with Gasteiger partial charge >= 0.3 is 0 Å². The molecule has 8 aromatic carbocycles. The highest BCUT2D eigenvalue weighted by atomic mass is 32.1. The average molecular weight is 708 g/mol. The molecule has 0 N–H and O–H groups in total. The number of thiophene rings is 1. The van der Waals surface area contributed by atoms with E-state index in [1.165, 1.54) is 37.4 Å². The summed E-state index contributed by atoms with van der Waals surface area (Å²) in [6.07, 6.45) is 0. The van der Waals surface area contributed by atoms with E-state index in [0.29, 0.717) is 17.5 Å². The van der Waals surface area contributed by atoms with E-state index in [4.69, 9.17) is 19.4 Å². The first-order chi connectivity index (χ1) is 26.7. The molecule has 11 rings (SSSR count). The molecule has 0 fully saturated rings. The highest BCUT2D eigenvalue weighted by molar-refractivity contribution is 7.26. The fourth-order valence-electron chi connectivity index (χ4n) is 7.77. The third kappa shape index (κ3) is 5.01. The standard InChI is InChI=1S/C49H29N3OS/c1-2-12-32(13-3-1)47-50-48(33-25-23-30(24-26-33)34-27-28-38-37-16-6-7-21-42(37)53-43(38)29-34)52-49(51-47)41-20-9-19-40-45-39(18-10-22-44(45)54-46(40)41)36-17-8-14-31-11-4-5-15-35(31)36/h1-29H. The zero-order valence-electron chi connectivity index (χ0n) is 28.9. The molecule has 252 valence electrons. The molecule has 3 aromatic heterocycles. The van der Waals surface area contributed by atoms with Crippen LogP contribution >= 0.6 is 11.3 Å². The fraction of sp³-hybridized carbons (Fsp3) is 0. The average Bonchev–Trinajstić information content (AvgIpc) is 3.82. The summed E-state index contributed by atoms with van der Waals surface area (Å²) in [5.74, 6) is 1.93. The van der Waals surface area contributed by atoms with Gasteiger partial charge in [0.15, 0.2) is 17.5 Å². The zero-order chi connectivity index (χ0) is 35.6. The van der Waals surface area contributed by atoms with Gasteiger partial charge in [0, 0.05) is 47.6 Å². The van der Waals surface area contributed by atoms with Crippen LogP contribution in [0, 0.1) is 0 Å². The summed E-state index contributed by atoms with van der Waals surface area (Å²) >= 11 is 1.79. The van der Waals surface area contributed by atoms with Crippen LogP contribution in [0.25, 0.3) is 109 Å². The van der Waals surface area contributed by atoms with Crippen molar-refractivity contribution in [1.82, 2.24) is 15.0 Å². The minimum atomic E-state index is 0.632. The molecule has 0 saturated heterocycles. The van der Waals surface area contributed by atoms with Crippen molar-refractivity contribution < 1.29 is 4.42 Å². The molecular weight excluding hydrogens is 679 g/mol. The summed E-state index contributed by atoms with van der Waals surface area (Å²) in [5, 5.41) is 7.19. The van der Waals surface area contributed by atoms with Crippen LogP contribution in [0.4, 0.5) is 0 Å². The molecule has 0 aliphatic carbocycles. The van der Waals surface area contributed by atoms with Gasteiger partial charge in [-0.25, -0.2) is 15.0 Å². The smallest absolute Gasteiger partial charge is 0.165 e. The van der Waals surface area contributed by atoms with E-state index in [9.17, 15) is 0 Å². The number of hydrogen-bond acceptors (Lipinski definition) is 5. The monoisotopic (exact) mass is 707 g/mol. The van der Waals surface area contributed by atoms with Crippen molar-refractivity contribution in [3.8, 4) is 56.4 Å². The van der Waals surface area contributed by atoms with E-state index in [1.807, 2.05) is 36.4 Å². The second-order valence-corrected chi connectivity index (χ2v) is 14.6. The van der Waals surface area contributed by atoms with E-state index in [1.54, 1.807) is 11.3 Å². The second kappa shape index (κ2) is 12.3. The molecule has 54 heavy (non-hydrogen) atoms. The van der Waals surface area contributed by atoms with Crippen molar-refractivity contribution in [3.63, 3.8) is 0 Å². The molecule has 0 aliphatic rings. The van der Waals surface area contributed by atoms with Gasteiger partial charge in [0.2, 0.25) is 0 Å². The van der Waals surface area contributed by atoms with Crippen LogP contribution in [0.3, 0.4) is 0 Å². The molecule has 5 heteroatoms. The lowest BCUT2D eigenvalue weighted by Crippen LogP contribution is -2.00. The van der Waals surface area contributed by atoms with E-state index in [2.05, 4.69) is 140 Å².